The first-order valence-corrected chi connectivity index (χ1v) is 10.1. The zero-order chi connectivity index (χ0) is 16.8. The van der Waals surface area contributed by atoms with Crippen LogP contribution < -0.4 is 15.4 Å². The molecule has 1 fully saturated rings. The van der Waals surface area contributed by atoms with Crippen LogP contribution in [0.3, 0.4) is 0 Å². The summed E-state index contributed by atoms with van der Waals surface area (Å²) in [6.45, 7) is 2.99. The summed E-state index contributed by atoms with van der Waals surface area (Å²) in [6, 6.07) is 3.11. The van der Waals surface area contributed by atoms with Gasteiger partial charge >= 0.3 is 0 Å². The van der Waals surface area contributed by atoms with Gasteiger partial charge in [-0.2, -0.15) is 0 Å². The molecule has 0 amide bonds. The van der Waals surface area contributed by atoms with Crippen molar-refractivity contribution in [2.75, 3.05) is 29.7 Å². The van der Waals surface area contributed by atoms with Gasteiger partial charge in [0.15, 0.2) is 5.13 Å². The van der Waals surface area contributed by atoms with Gasteiger partial charge in [0.2, 0.25) is 0 Å². The normalized spacial score (nSPS) is 17.7. The Morgan fingerprint density at radius 3 is 3.12 bits per heavy atom. The third kappa shape index (κ3) is 4.99. The minimum absolute atomic E-state index is 0.296. The number of nitrogens with one attached hydrogen (secondary N) is 3. The number of benzene rings is 1. The van der Waals surface area contributed by atoms with Crippen molar-refractivity contribution in [3.8, 4) is 0 Å². The van der Waals surface area contributed by atoms with Gasteiger partial charge in [-0.15, -0.1) is 11.3 Å². The lowest BCUT2D eigenvalue weighted by Crippen LogP contribution is -2.30. The average molecular weight is 387 g/mol. The molecule has 8 heteroatoms. The number of nitrogens with zero attached hydrogens (tertiary/aromatic N) is 1. The van der Waals surface area contributed by atoms with Crippen LogP contribution in [0.15, 0.2) is 28.6 Å². The van der Waals surface area contributed by atoms with Crippen molar-refractivity contribution in [2.45, 2.75) is 24.2 Å². The highest BCUT2D eigenvalue weighted by Gasteiger charge is 2.14. The minimum atomic E-state index is -0.296. The fraction of sp³-hybridized carbons (Fsp3) is 0.438. The number of hydrogen-bond donors (Lipinski definition) is 3. The molecule has 0 spiro atoms. The van der Waals surface area contributed by atoms with E-state index in [0.717, 1.165) is 31.2 Å². The molecule has 1 aliphatic rings. The predicted molar refractivity (Wildman–Crippen MR) is 102 cm³/mol. The number of hydrogen-bond acceptors (Lipinski definition) is 6. The van der Waals surface area contributed by atoms with Gasteiger partial charge in [-0.3, -0.25) is 0 Å². The van der Waals surface area contributed by atoms with Gasteiger partial charge in [0.05, 0.1) is 15.6 Å². The summed E-state index contributed by atoms with van der Waals surface area (Å²) in [6.07, 6.45) is 5.26. The van der Waals surface area contributed by atoms with E-state index in [1.165, 1.54) is 42.2 Å². The maximum atomic E-state index is 14.3. The Kier molecular flexibility index (Phi) is 6.59. The first-order valence-electron chi connectivity index (χ1n) is 7.98. The molecule has 0 aliphatic carbocycles. The monoisotopic (exact) mass is 386 g/mol. The van der Waals surface area contributed by atoms with Crippen LogP contribution in [0.2, 0.25) is 5.02 Å². The highest BCUT2D eigenvalue weighted by molar-refractivity contribution is 8.00. The van der Waals surface area contributed by atoms with E-state index < -0.39 is 0 Å². The molecule has 3 N–H and O–H groups in total. The fourth-order valence-electron chi connectivity index (χ4n) is 2.70. The van der Waals surface area contributed by atoms with Crippen molar-refractivity contribution >= 4 is 45.7 Å². The third-order valence-corrected chi connectivity index (χ3v) is 5.93. The van der Waals surface area contributed by atoms with E-state index >= 15 is 0 Å². The largest absolute Gasteiger partial charge is 0.384 e. The molecule has 3 rings (SSSR count). The van der Waals surface area contributed by atoms with Crippen LogP contribution in [0.1, 0.15) is 19.3 Å². The van der Waals surface area contributed by atoms with E-state index in [1.54, 1.807) is 12.3 Å². The van der Waals surface area contributed by atoms with Crippen LogP contribution in [-0.4, -0.2) is 24.6 Å². The first kappa shape index (κ1) is 17.8. The van der Waals surface area contributed by atoms with E-state index in [-0.39, 0.29) is 5.82 Å². The van der Waals surface area contributed by atoms with Gasteiger partial charge in [0, 0.05) is 18.1 Å². The SMILES string of the molecule is Fc1cc(NCCC2CCCNC2)c(Cl)cc1SNc1nccs1. The molecule has 24 heavy (non-hydrogen) atoms. The number of rotatable bonds is 7. The molecule has 1 aliphatic heterocycles. The summed E-state index contributed by atoms with van der Waals surface area (Å²) < 4.78 is 17.3. The topological polar surface area (TPSA) is 49.0 Å². The highest BCUT2D eigenvalue weighted by Crippen LogP contribution is 2.32. The number of anilines is 2. The van der Waals surface area contributed by atoms with Crippen molar-refractivity contribution in [2.24, 2.45) is 5.92 Å². The lowest BCUT2D eigenvalue weighted by Gasteiger charge is -2.23. The molecule has 1 atom stereocenters. The molecule has 1 saturated heterocycles. The van der Waals surface area contributed by atoms with Crippen LogP contribution in [0, 0.1) is 11.7 Å². The molecule has 1 aromatic carbocycles. The van der Waals surface area contributed by atoms with E-state index in [0.29, 0.717) is 21.5 Å². The standard InChI is InChI=1S/C16H20ClFN4S2/c17-12-8-15(24-22-16-21-6-7-23-16)13(18)9-14(12)20-5-3-11-2-1-4-19-10-11/h6-9,11,19-20H,1-5,10H2,(H,21,22). The van der Waals surface area contributed by atoms with Crippen molar-refractivity contribution in [3.05, 3.63) is 34.5 Å². The lowest BCUT2D eigenvalue weighted by atomic mass is 9.96. The number of piperidine rings is 1. The third-order valence-electron chi connectivity index (χ3n) is 3.97. The Bertz CT molecular complexity index is 648. The van der Waals surface area contributed by atoms with Gasteiger partial charge in [0.25, 0.3) is 0 Å². The number of thiazole rings is 1. The Morgan fingerprint density at radius 2 is 2.38 bits per heavy atom. The molecule has 4 nitrogen and oxygen atoms in total. The molecule has 130 valence electrons. The van der Waals surface area contributed by atoms with Crippen LogP contribution in [0.5, 0.6) is 0 Å². The number of aromatic nitrogens is 1. The molecule has 1 unspecified atom stereocenters. The molecule has 2 heterocycles. The second kappa shape index (κ2) is 8.89. The van der Waals surface area contributed by atoms with E-state index in [9.17, 15) is 4.39 Å². The summed E-state index contributed by atoms with van der Waals surface area (Å²) in [4.78, 5) is 4.56. The van der Waals surface area contributed by atoms with Crippen LogP contribution >= 0.6 is 34.9 Å². The highest BCUT2D eigenvalue weighted by atomic mass is 35.5. The Labute approximate surface area is 154 Å². The smallest absolute Gasteiger partial charge is 0.192 e. The van der Waals surface area contributed by atoms with Crippen molar-refractivity contribution in [1.82, 2.24) is 10.3 Å². The molecule has 1 aromatic heterocycles. The van der Waals surface area contributed by atoms with Crippen LogP contribution in [-0.2, 0) is 0 Å². The Balaban J connectivity index is 1.53. The molecule has 0 radical (unpaired) electrons. The Hall–Kier alpha value is -1.02. The second-order valence-corrected chi connectivity index (χ2v) is 7.88. The summed E-state index contributed by atoms with van der Waals surface area (Å²) in [5.41, 5.74) is 0.650. The van der Waals surface area contributed by atoms with Gasteiger partial charge < -0.3 is 15.4 Å². The fourth-order valence-corrected chi connectivity index (χ4v) is 4.26. The maximum Gasteiger partial charge on any atom is 0.192 e. The number of halogens is 2. The summed E-state index contributed by atoms with van der Waals surface area (Å²) in [5, 5.41) is 9.79. The van der Waals surface area contributed by atoms with Gasteiger partial charge in [-0.25, -0.2) is 9.37 Å². The average Bonchev–Trinajstić information content (AvgIpc) is 3.11. The van der Waals surface area contributed by atoms with Gasteiger partial charge in [-0.1, -0.05) is 11.6 Å². The van der Waals surface area contributed by atoms with E-state index in [1.807, 2.05) is 5.38 Å². The summed E-state index contributed by atoms with van der Waals surface area (Å²) in [7, 11) is 0. The van der Waals surface area contributed by atoms with E-state index in [4.69, 9.17) is 11.6 Å². The van der Waals surface area contributed by atoms with Crippen molar-refractivity contribution in [1.29, 1.82) is 0 Å². The molecule has 2 aromatic rings. The molecule has 0 saturated carbocycles. The van der Waals surface area contributed by atoms with Crippen molar-refractivity contribution in [3.63, 3.8) is 0 Å². The van der Waals surface area contributed by atoms with Gasteiger partial charge in [0.1, 0.15) is 5.82 Å². The van der Waals surface area contributed by atoms with Crippen molar-refractivity contribution < 1.29 is 4.39 Å². The minimum Gasteiger partial charge on any atom is -0.384 e. The van der Waals surface area contributed by atoms with Crippen LogP contribution in [0.25, 0.3) is 0 Å². The Morgan fingerprint density at radius 1 is 1.46 bits per heavy atom. The van der Waals surface area contributed by atoms with Crippen LogP contribution in [0.4, 0.5) is 15.2 Å². The molecule has 0 bridgehead atoms. The summed E-state index contributed by atoms with van der Waals surface area (Å²) in [5.74, 6) is 0.391. The predicted octanol–water partition coefficient (Wildman–Crippen LogP) is 4.86. The molecular formula is C16H20ClFN4S2. The summed E-state index contributed by atoms with van der Waals surface area (Å²) >= 11 is 8.93. The quantitative estimate of drug-likeness (QED) is 0.593. The lowest BCUT2D eigenvalue weighted by molar-refractivity contribution is 0.364. The molecular weight excluding hydrogens is 367 g/mol. The second-order valence-electron chi connectivity index (χ2n) is 5.73. The zero-order valence-corrected chi connectivity index (χ0v) is 15.5. The van der Waals surface area contributed by atoms with Gasteiger partial charge in [-0.05, 0) is 62.4 Å². The zero-order valence-electron chi connectivity index (χ0n) is 13.1. The first-order chi connectivity index (χ1) is 11.7. The maximum absolute atomic E-state index is 14.3. The van der Waals surface area contributed by atoms with E-state index in [2.05, 4.69) is 20.3 Å².